The number of halogens is 1. The third-order valence-electron chi connectivity index (χ3n) is 2.05. The van der Waals surface area contributed by atoms with Crippen LogP contribution in [0.15, 0.2) is 18.2 Å². The van der Waals surface area contributed by atoms with Crippen LogP contribution in [-0.2, 0) is 0 Å². The minimum absolute atomic E-state index is 0.139. The number of aryl methyl sites for hydroxylation is 1. The van der Waals surface area contributed by atoms with Gasteiger partial charge in [0.15, 0.2) is 0 Å². The Morgan fingerprint density at radius 3 is 2.77 bits per heavy atom. The quantitative estimate of drug-likeness (QED) is 0.696. The zero-order chi connectivity index (χ0) is 9.84. The first kappa shape index (κ1) is 10.0. The molecule has 1 unspecified atom stereocenters. The van der Waals surface area contributed by atoms with E-state index in [1.807, 2.05) is 20.8 Å². The van der Waals surface area contributed by atoms with Gasteiger partial charge in [-0.3, -0.25) is 0 Å². The van der Waals surface area contributed by atoms with Crippen LogP contribution in [0.4, 0.5) is 4.39 Å². The van der Waals surface area contributed by atoms with Gasteiger partial charge in [0.1, 0.15) is 11.6 Å². The zero-order valence-corrected chi connectivity index (χ0v) is 8.30. The van der Waals surface area contributed by atoms with Crippen molar-refractivity contribution in [1.29, 1.82) is 0 Å². The SMILES string of the molecule is CCC(C)Oc1cc(F)ccc1C. The molecule has 0 fully saturated rings. The van der Waals surface area contributed by atoms with E-state index < -0.39 is 0 Å². The van der Waals surface area contributed by atoms with E-state index in [0.717, 1.165) is 12.0 Å². The van der Waals surface area contributed by atoms with Crippen molar-refractivity contribution in [2.45, 2.75) is 33.3 Å². The minimum atomic E-state index is -0.246. The van der Waals surface area contributed by atoms with E-state index in [2.05, 4.69) is 0 Å². The second-order valence-electron chi connectivity index (χ2n) is 3.25. The fourth-order valence-corrected chi connectivity index (χ4v) is 1.00. The van der Waals surface area contributed by atoms with Gasteiger partial charge in [0.2, 0.25) is 0 Å². The monoisotopic (exact) mass is 182 g/mol. The fraction of sp³-hybridized carbons (Fsp3) is 0.455. The predicted molar refractivity (Wildman–Crippen MR) is 51.5 cm³/mol. The standard InChI is InChI=1S/C11H15FO/c1-4-9(3)13-11-7-10(12)6-5-8(11)2/h5-7,9H,4H2,1-3H3. The fourth-order valence-electron chi connectivity index (χ4n) is 1.00. The van der Waals surface area contributed by atoms with Crippen LogP contribution < -0.4 is 4.74 Å². The molecule has 0 N–H and O–H groups in total. The van der Waals surface area contributed by atoms with Crippen LogP contribution in [-0.4, -0.2) is 6.10 Å². The molecule has 0 saturated heterocycles. The second-order valence-corrected chi connectivity index (χ2v) is 3.25. The van der Waals surface area contributed by atoms with Crippen molar-refractivity contribution in [2.75, 3.05) is 0 Å². The smallest absolute Gasteiger partial charge is 0.126 e. The molecule has 1 nitrogen and oxygen atoms in total. The van der Waals surface area contributed by atoms with Crippen LogP contribution in [0, 0.1) is 12.7 Å². The summed E-state index contributed by atoms with van der Waals surface area (Å²) in [4.78, 5) is 0. The van der Waals surface area contributed by atoms with Crippen molar-refractivity contribution in [2.24, 2.45) is 0 Å². The molecule has 0 aliphatic heterocycles. The van der Waals surface area contributed by atoms with Crippen molar-refractivity contribution < 1.29 is 9.13 Å². The largest absolute Gasteiger partial charge is 0.490 e. The zero-order valence-electron chi connectivity index (χ0n) is 8.30. The number of benzene rings is 1. The van der Waals surface area contributed by atoms with Gasteiger partial charge < -0.3 is 4.74 Å². The lowest BCUT2D eigenvalue weighted by Gasteiger charge is -2.14. The molecule has 72 valence electrons. The van der Waals surface area contributed by atoms with Crippen LogP contribution in [0.2, 0.25) is 0 Å². The van der Waals surface area contributed by atoms with Gasteiger partial charge >= 0.3 is 0 Å². The number of ether oxygens (including phenoxy) is 1. The van der Waals surface area contributed by atoms with Gasteiger partial charge in [-0.15, -0.1) is 0 Å². The Morgan fingerprint density at radius 1 is 1.46 bits per heavy atom. The average Bonchev–Trinajstić information content (AvgIpc) is 2.11. The van der Waals surface area contributed by atoms with Gasteiger partial charge in [-0.25, -0.2) is 4.39 Å². The summed E-state index contributed by atoms with van der Waals surface area (Å²) < 4.78 is 18.4. The maximum atomic E-state index is 12.8. The van der Waals surface area contributed by atoms with E-state index in [9.17, 15) is 4.39 Å². The summed E-state index contributed by atoms with van der Waals surface area (Å²) in [6.45, 7) is 5.93. The van der Waals surface area contributed by atoms with Crippen LogP contribution in [0.1, 0.15) is 25.8 Å². The number of hydrogen-bond acceptors (Lipinski definition) is 1. The highest BCUT2D eigenvalue weighted by Gasteiger charge is 2.04. The van der Waals surface area contributed by atoms with Crippen molar-refractivity contribution in [3.63, 3.8) is 0 Å². The predicted octanol–water partition coefficient (Wildman–Crippen LogP) is 3.31. The highest BCUT2D eigenvalue weighted by molar-refractivity contribution is 5.32. The third-order valence-corrected chi connectivity index (χ3v) is 2.05. The maximum Gasteiger partial charge on any atom is 0.126 e. The van der Waals surface area contributed by atoms with Gasteiger partial charge in [-0.1, -0.05) is 13.0 Å². The topological polar surface area (TPSA) is 9.23 Å². The van der Waals surface area contributed by atoms with Crippen molar-refractivity contribution in [1.82, 2.24) is 0 Å². The molecule has 0 aliphatic rings. The first-order valence-corrected chi connectivity index (χ1v) is 4.56. The van der Waals surface area contributed by atoms with Gasteiger partial charge in [-0.2, -0.15) is 0 Å². The Balaban J connectivity index is 2.81. The van der Waals surface area contributed by atoms with Crippen molar-refractivity contribution >= 4 is 0 Å². The number of rotatable bonds is 3. The van der Waals surface area contributed by atoms with Crippen LogP contribution in [0.25, 0.3) is 0 Å². The van der Waals surface area contributed by atoms with E-state index in [1.165, 1.54) is 12.1 Å². The highest BCUT2D eigenvalue weighted by atomic mass is 19.1. The summed E-state index contributed by atoms with van der Waals surface area (Å²) in [7, 11) is 0. The Labute approximate surface area is 78.5 Å². The Morgan fingerprint density at radius 2 is 2.15 bits per heavy atom. The average molecular weight is 182 g/mol. The second kappa shape index (κ2) is 4.26. The molecule has 13 heavy (non-hydrogen) atoms. The van der Waals surface area contributed by atoms with Crippen molar-refractivity contribution in [3.8, 4) is 5.75 Å². The molecule has 0 bridgehead atoms. The summed E-state index contributed by atoms with van der Waals surface area (Å²) in [5.74, 6) is 0.401. The summed E-state index contributed by atoms with van der Waals surface area (Å²) in [6, 6.07) is 4.60. The summed E-state index contributed by atoms with van der Waals surface area (Å²) in [5.41, 5.74) is 0.974. The molecule has 0 amide bonds. The first-order chi connectivity index (χ1) is 6.13. The van der Waals surface area contributed by atoms with E-state index in [0.29, 0.717) is 5.75 Å². The van der Waals surface area contributed by atoms with E-state index >= 15 is 0 Å². The number of hydrogen-bond donors (Lipinski definition) is 0. The molecule has 0 aliphatic carbocycles. The normalized spacial score (nSPS) is 12.6. The lowest BCUT2D eigenvalue weighted by Crippen LogP contribution is -2.10. The van der Waals surface area contributed by atoms with Crippen LogP contribution in [0.5, 0.6) is 5.75 Å². The van der Waals surface area contributed by atoms with Gasteiger partial charge in [-0.05, 0) is 31.9 Å². The van der Waals surface area contributed by atoms with Crippen LogP contribution in [0.3, 0.4) is 0 Å². The Hall–Kier alpha value is -1.05. The van der Waals surface area contributed by atoms with E-state index in [-0.39, 0.29) is 11.9 Å². The van der Waals surface area contributed by atoms with Gasteiger partial charge in [0.05, 0.1) is 6.10 Å². The van der Waals surface area contributed by atoms with Gasteiger partial charge in [0, 0.05) is 6.07 Å². The van der Waals surface area contributed by atoms with Crippen molar-refractivity contribution in [3.05, 3.63) is 29.6 Å². The Bertz CT molecular complexity index is 283. The Kier molecular flexibility index (Phi) is 3.29. The molecule has 1 aromatic rings. The molecule has 1 aromatic carbocycles. The molecule has 1 atom stereocenters. The van der Waals surface area contributed by atoms with E-state index in [1.54, 1.807) is 6.07 Å². The molecule has 0 radical (unpaired) electrons. The van der Waals surface area contributed by atoms with Crippen LogP contribution >= 0.6 is 0 Å². The molecular weight excluding hydrogens is 167 g/mol. The lowest BCUT2D eigenvalue weighted by molar-refractivity contribution is 0.215. The summed E-state index contributed by atoms with van der Waals surface area (Å²) in [5, 5.41) is 0. The molecular formula is C11H15FO. The van der Waals surface area contributed by atoms with E-state index in [4.69, 9.17) is 4.74 Å². The molecule has 0 aromatic heterocycles. The third kappa shape index (κ3) is 2.72. The van der Waals surface area contributed by atoms with Gasteiger partial charge in [0.25, 0.3) is 0 Å². The molecule has 2 heteroatoms. The minimum Gasteiger partial charge on any atom is -0.490 e. The maximum absolute atomic E-state index is 12.8. The molecule has 0 saturated carbocycles. The first-order valence-electron chi connectivity index (χ1n) is 4.56. The molecule has 0 heterocycles. The molecule has 1 rings (SSSR count). The summed E-state index contributed by atoms with van der Waals surface area (Å²) in [6.07, 6.45) is 1.07. The summed E-state index contributed by atoms with van der Waals surface area (Å²) >= 11 is 0. The molecule has 0 spiro atoms. The lowest BCUT2D eigenvalue weighted by atomic mass is 10.2. The highest BCUT2D eigenvalue weighted by Crippen LogP contribution is 2.20.